The van der Waals surface area contributed by atoms with Crippen molar-refractivity contribution in [3.8, 4) is 5.88 Å². The van der Waals surface area contributed by atoms with E-state index in [1.165, 1.54) is 19.2 Å². The lowest BCUT2D eigenvalue weighted by molar-refractivity contribution is -0.384. The number of ether oxygens (including phenoxy) is 1. The summed E-state index contributed by atoms with van der Waals surface area (Å²) in [6, 6.07) is 2.73. The second kappa shape index (κ2) is 5.32. The van der Waals surface area contributed by atoms with E-state index >= 15 is 0 Å². The molecule has 0 fully saturated rings. The van der Waals surface area contributed by atoms with Gasteiger partial charge in [-0.15, -0.1) is 0 Å². The van der Waals surface area contributed by atoms with E-state index in [2.05, 4.69) is 16.9 Å². The molecule has 16 heavy (non-hydrogen) atoms. The molecule has 1 N–H and O–H groups in total. The van der Waals surface area contributed by atoms with Crippen molar-refractivity contribution in [1.29, 1.82) is 0 Å². The first kappa shape index (κ1) is 12.3. The lowest BCUT2D eigenvalue weighted by atomic mass is 10.4. The molecule has 0 atom stereocenters. The minimum absolute atomic E-state index is 0.103. The highest BCUT2D eigenvalue weighted by atomic mass is 35.5. The number of rotatable bonds is 5. The minimum Gasteiger partial charge on any atom is -0.481 e. The number of hydrogen-bond donors (Lipinski definition) is 1. The molecular formula is C9H10ClN3O3. The average molecular weight is 244 g/mol. The summed E-state index contributed by atoms with van der Waals surface area (Å²) in [6.45, 7) is 3.66. The van der Waals surface area contributed by atoms with Gasteiger partial charge in [0.05, 0.1) is 18.6 Å². The van der Waals surface area contributed by atoms with Crippen LogP contribution in [-0.4, -0.2) is 23.6 Å². The SMILES string of the molecule is C=C(Cl)CNc1nc(OC)ccc1[N+](=O)[O-]. The molecule has 0 aliphatic carbocycles. The first-order valence-corrected chi connectivity index (χ1v) is 4.69. The number of nitro groups is 1. The summed E-state index contributed by atoms with van der Waals surface area (Å²) < 4.78 is 4.87. The van der Waals surface area contributed by atoms with Crippen LogP contribution in [0.5, 0.6) is 5.88 Å². The van der Waals surface area contributed by atoms with Gasteiger partial charge in [-0.25, -0.2) is 0 Å². The van der Waals surface area contributed by atoms with Crippen LogP contribution < -0.4 is 10.1 Å². The quantitative estimate of drug-likeness (QED) is 0.633. The Kier molecular flexibility index (Phi) is 4.07. The van der Waals surface area contributed by atoms with Crippen molar-refractivity contribution >= 4 is 23.1 Å². The predicted octanol–water partition coefficient (Wildman–Crippen LogP) is 2.16. The second-order valence-electron chi connectivity index (χ2n) is 2.85. The van der Waals surface area contributed by atoms with Crippen molar-refractivity contribution in [3.05, 3.63) is 33.9 Å². The highest BCUT2D eigenvalue weighted by molar-refractivity contribution is 6.29. The Morgan fingerprint density at radius 1 is 1.75 bits per heavy atom. The topological polar surface area (TPSA) is 77.3 Å². The largest absolute Gasteiger partial charge is 0.481 e. The fourth-order valence-corrected chi connectivity index (χ4v) is 1.07. The van der Waals surface area contributed by atoms with Crippen molar-refractivity contribution in [3.63, 3.8) is 0 Å². The van der Waals surface area contributed by atoms with E-state index in [1.807, 2.05) is 0 Å². The van der Waals surface area contributed by atoms with Crippen LogP contribution in [0.25, 0.3) is 0 Å². The molecule has 7 heteroatoms. The Balaban J connectivity index is 3.00. The summed E-state index contributed by atoms with van der Waals surface area (Å²) in [5, 5.41) is 13.7. The molecule has 0 saturated heterocycles. The maximum atomic E-state index is 10.7. The second-order valence-corrected chi connectivity index (χ2v) is 3.38. The van der Waals surface area contributed by atoms with Crippen LogP contribution in [0, 0.1) is 10.1 Å². The number of nitrogens with zero attached hydrogens (tertiary/aromatic N) is 2. The maximum absolute atomic E-state index is 10.7. The normalized spacial score (nSPS) is 9.62. The van der Waals surface area contributed by atoms with Gasteiger partial charge in [0.25, 0.3) is 0 Å². The summed E-state index contributed by atoms with van der Waals surface area (Å²) in [4.78, 5) is 14.1. The van der Waals surface area contributed by atoms with Crippen LogP contribution >= 0.6 is 11.6 Å². The summed E-state index contributed by atoms with van der Waals surface area (Å²) in [5.74, 6) is 0.388. The van der Waals surface area contributed by atoms with Gasteiger partial charge in [-0.05, 0) is 0 Å². The molecule has 1 aromatic rings. The molecule has 0 saturated carbocycles. The van der Waals surface area contributed by atoms with Gasteiger partial charge in [0.15, 0.2) is 0 Å². The van der Waals surface area contributed by atoms with Gasteiger partial charge >= 0.3 is 5.69 Å². The van der Waals surface area contributed by atoms with Crippen LogP contribution in [0.1, 0.15) is 0 Å². The monoisotopic (exact) mass is 243 g/mol. The number of aromatic nitrogens is 1. The van der Waals surface area contributed by atoms with Crippen LogP contribution in [-0.2, 0) is 0 Å². The molecule has 0 amide bonds. The summed E-state index contributed by atoms with van der Waals surface area (Å²) in [6.07, 6.45) is 0. The van der Waals surface area contributed by atoms with Gasteiger partial charge in [-0.1, -0.05) is 18.2 Å². The van der Waals surface area contributed by atoms with E-state index in [1.54, 1.807) is 0 Å². The predicted molar refractivity (Wildman–Crippen MR) is 60.9 cm³/mol. The Morgan fingerprint density at radius 2 is 2.44 bits per heavy atom. The Labute approximate surface area is 97.0 Å². The number of methoxy groups -OCH3 is 1. The molecule has 0 aliphatic heterocycles. The Morgan fingerprint density at radius 3 is 2.94 bits per heavy atom. The van der Waals surface area contributed by atoms with Gasteiger partial charge in [-0.2, -0.15) is 4.98 Å². The number of anilines is 1. The van der Waals surface area contributed by atoms with Crippen molar-refractivity contribution in [2.75, 3.05) is 19.0 Å². The van der Waals surface area contributed by atoms with Crippen LogP contribution in [0.15, 0.2) is 23.7 Å². The summed E-state index contributed by atoms with van der Waals surface area (Å²) >= 11 is 5.55. The van der Waals surface area contributed by atoms with Crippen LogP contribution in [0.4, 0.5) is 11.5 Å². The van der Waals surface area contributed by atoms with E-state index in [9.17, 15) is 10.1 Å². The molecule has 1 aromatic heterocycles. The zero-order valence-electron chi connectivity index (χ0n) is 8.57. The molecule has 0 aliphatic rings. The number of halogens is 1. The van der Waals surface area contributed by atoms with Gasteiger partial charge in [0, 0.05) is 17.2 Å². The van der Waals surface area contributed by atoms with Crippen molar-refractivity contribution in [2.45, 2.75) is 0 Å². The van der Waals surface area contributed by atoms with Gasteiger partial charge in [0.2, 0.25) is 11.7 Å². The number of hydrogen-bond acceptors (Lipinski definition) is 5. The molecule has 6 nitrogen and oxygen atoms in total. The average Bonchev–Trinajstić information content (AvgIpc) is 2.25. The fourth-order valence-electron chi connectivity index (χ4n) is 1.00. The minimum atomic E-state index is -0.536. The molecule has 86 valence electrons. The summed E-state index contributed by atoms with van der Waals surface area (Å²) in [5.41, 5.74) is -0.140. The van der Waals surface area contributed by atoms with Gasteiger partial charge < -0.3 is 10.1 Å². The van der Waals surface area contributed by atoms with Crippen molar-refractivity contribution in [1.82, 2.24) is 4.98 Å². The smallest absolute Gasteiger partial charge is 0.311 e. The third-order valence-electron chi connectivity index (χ3n) is 1.70. The van der Waals surface area contributed by atoms with Gasteiger partial charge in [-0.3, -0.25) is 10.1 Å². The lowest BCUT2D eigenvalue weighted by Crippen LogP contribution is -2.06. The molecule has 1 rings (SSSR count). The van der Waals surface area contributed by atoms with E-state index in [4.69, 9.17) is 16.3 Å². The van der Waals surface area contributed by atoms with Gasteiger partial charge in [0.1, 0.15) is 0 Å². The van der Waals surface area contributed by atoms with Crippen LogP contribution in [0.2, 0.25) is 0 Å². The fraction of sp³-hybridized carbons (Fsp3) is 0.222. The lowest BCUT2D eigenvalue weighted by Gasteiger charge is -2.06. The molecule has 0 aromatic carbocycles. The standard InChI is InChI=1S/C9H10ClN3O3/c1-6(10)5-11-9-7(13(14)15)3-4-8(12-9)16-2/h3-4H,1,5H2,2H3,(H,11,12). The highest BCUT2D eigenvalue weighted by Crippen LogP contribution is 2.24. The zero-order chi connectivity index (χ0) is 12.1. The van der Waals surface area contributed by atoms with E-state index < -0.39 is 4.92 Å². The molecule has 0 unspecified atom stereocenters. The molecular weight excluding hydrogens is 234 g/mol. The molecule has 1 heterocycles. The Bertz CT molecular complexity index is 422. The van der Waals surface area contributed by atoms with Crippen molar-refractivity contribution in [2.24, 2.45) is 0 Å². The number of pyridine rings is 1. The third kappa shape index (κ3) is 3.09. The maximum Gasteiger partial charge on any atom is 0.311 e. The zero-order valence-corrected chi connectivity index (χ0v) is 9.32. The van der Waals surface area contributed by atoms with E-state index in [0.29, 0.717) is 5.03 Å². The molecule has 0 spiro atoms. The molecule has 0 radical (unpaired) electrons. The first-order valence-electron chi connectivity index (χ1n) is 4.31. The van der Waals surface area contributed by atoms with E-state index in [0.717, 1.165) is 0 Å². The Hall–Kier alpha value is -1.82. The van der Waals surface area contributed by atoms with E-state index in [-0.39, 0.29) is 23.9 Å². The molecule has 0 bridgehead atoms. The highest BCUT2D eigenvalue weighted by Gasteiger charge is 2.15. The van der Waals surface area contributed by atoms with Crippen molar-refractivity contribution < 1.29 is 9.66 Å². The first-order chi connectivity index (χ1) is 7.54. The number of nitrogens with one attached hydrogen (secondary N) is 1. The van der Waals surface area contributed by atoms with Crippen LogP contribution in [0.3, 0.4) is 0 Å². The third-order valence-corrected chi connectivity index (χ3v) is 1.84. The summed E-state index contributed by atoms with van der Waals surface area (Å²) in [7, 11) is 1.43.